The van der Waals surface area contributed by atoms with E-state index in [1.165, 1.54) is 154 Å². The number of hydrogen-bond acceptors (Lipinski definition) is 5. The van der Waals surface area contributed by atoms with Gasteiger partial charge in [-0.25, -0.2) is 0 Å². The van der Waals surface area contributed by atoms with E-state index in [-0.39, 0.29) is 25.2 Å². The summed E-state index contributed by atoms with van der Waals surface area (Å²) in [5, 5.41) is 9.54. The monoisotopic (exact) mass is 651 g/mol. The van der Waals surface area contributed by atoms with Crippen LogP contribution >= 0.6 is 0 Å². The van der Waals surface area contributed by atoms with Gasteiger partial charge in [0, 0.05) is 12.8 Å². The van der Waals surface area contributed by atoms with Crippen LogP contribution in [0.2, 0.25) is 0 Å². The smallest absolute Gasteiger partial charge is 0.306 e. The summed E-state index contributed by atoms with van der Waals surface area (Å²) in [6, 6.07) is 0. The predicted octanol–water partition coefficient (Wildman–Crippen LogP) is 12.5. The van der Waals surface area contributed by atoms with Crippen LogP contribution < -0.4 is 0 Å². The molecule has 0 aromatic carbocycles. The lowest BCUT2D eigenvalue weighted by Crippen LogP contribution is -2.28. The molecule has 1 N–H and O–H groups in total. The highest BCUT2D eigenvalue weighted by molar-refractivity contribution is 5.70. The average molecular weight is 651 g/mol. The quantitative estimate of drug-likeness (QED) is 0.0411. The second kappa shape index (κ2) is 38.1. The van der Waals surface area contributed by atoms with Crippen LogP contribution in [-0.4, -0.2) is 36.4 Å². The first-order chi connectivity index (χ1) is 22.6. The Morgan fingerprint density at radius 2 is 0.804 bits per heavy atom. The number of carbonyl (C=O) groups excluding carboxylic acids is 2. The number of aliphatic hydroxyl groups excluding tert-OH is 1. The van der Waals surface area contributed by atoms with Gasteiger partial charge >= 0.3 is 11.9 Å². The first kappa shape index (κ1) is 44.6. The third kappa shape index (κ3) is 35.5. The van der Waals surface area contributed by atoms with Crippen molar-refractivity contribution in [2.45, 2.75) is 225 Å². The Hall–Kier alpha value is -1.36. The molecule has 0 amide bonds. The molecule has 272 valence electrons. The maximum atomic E-state index is 12.2. The van der Waals surface area contributed by atoms with Crippen molar-refractivity contribution in [2.75, 3.05) is 13.2 Å². The Labute approximate surface area is 286 Å². The van der Waals surface area contributed by atoms with Gasteiger partial charge in [0.2, 0.25) is 0 Å². The number of ether oxygens (including phenoxy) is 2. The van der Waals surface area contributed by atoms with Gasteiger partial charge in [-0.15, -0.1) is 0 Å². The number of rotatable bonds is 37. The Balaban J connectivity index is 3.48. The number of carbonyl (C=O) groups is 2. The van der Waals surface area contributed by atoms with Crippen molar-refractivity contribution in [3.05, 3.63) is 12.2 Å². The van der Waals surface area contributed by atoms with E-state index in [0.717, 1.165) is 38.5 Å². The van der Waals surface area contributed by atoms with Crippen LogP contribution in [-0.2, 0) is 19.1 Å². The van der Waals surface area contributed by atoms with E-state index >= 15 is 0 Å². The fourth-order valence-corrected chi connectivity index (χ4v) is 5.96. The molecular formula is C41H78O5. The summed E-state index contributed by atoms with van der Waals surface area (Å²) in [7, 11) is 0. The Morgan fingerprint density at radius 3 is 1.17 bits per heavy atom. The van der Waals surface area contributed by atoms with Crippen molar-refractivity contribution in [3.8, 4) is 0 Å². The molecule has 0 aromatic rings. The van der Waals surface area contributed by atoms with E-state index in [2.05, 4.69) is 26.0 Å². The van der Waals surface area contributed by atoms with Gasteiger partial charge in [-0.2, -0.15) is 0 Å². The lowest BCUT2D eigenvalue weighted by Gasteiger charge is -2.15. The van der Waals surface area contributed by atoms with Crippen molar-refractivity contribution < 1.29 is 24.2 Å². The molecule has 0 aromatic heterocycles. The van der Waals surface area contributed by atoms with E-state index in [0.29, 0.717) is 12.8 Å². The topological polar surface area (TPSA) is 72.8 Å². The van der Waals surface area contributed by atoms with Gasteiger partial charge in [0.1, 0.15) is 6.61 Å². The van der Waals surface area contributed by atoms with Gasteiger partial charge in [-0.1, -0.05) is 180 Å². The maximum absolute atomic E-state index is 12.2. The van der Waals surface area contributed by atoms with E-state index in [1.807, 2.05) is 0 Å². The lowest BCUT2D eigenvalue weighted by molar-refractivity contribution is -0.161. The number of aliphatic hydroxyl groups is 1. The zero-order valence-corrected chi connectivity index (χ0v) is 30.9. The Bertz CT molecular complexity index is 661. The molecule has 46 heavy (non-hydrogen) atoms. The number of unbranched alkanes of at least 4 members (excludes halogenated alkanes) is 27. The molecule has 0 spiro atoms. The first-order valence-corrected chi connectivity index (χ1v) is 20.2. The third-order valence-corrected chi connectivity index (χ3v) is 9.06. The normalized spacial score (nSPS) is 12.2. The fraction of sp³-hybridized carbons (Fsp3) is 0.902. The van der Waals surface area contributed by atoms with Crippen molar-refractivity contribution in [2.24, 2.45) is 0 Å². The molecule has 0 saturated heterocycles. The summed E-state index contributed by atoms with van der Waals surface area (Å²) in [6.07, 6.45) is 42.8. The van der Waals surface area contributed by atoms with Crippen molar-refractivity contribution in [1.29, 1.82) is 0 Å². The van der Waals surface area contributed by atoms with Crippen LogP contribution in [0.15, 0.2) is 12.2 Å². The van der Waals surface area contributed by atoms with E-state index in [1.54, 1.807) is 0 Å². The van der Waals surface area contributed by atoms with Crippen LogP contribution in [0, 0.1) is 0 Å². The van der Waals surface area contributed by atoms with Crippen LogP contribution in [0.4, 0.5) is 0 Å². The van der Waals surface area contributed by atoms with E-state index in [9.17, 15) is 14.7 Å². The molecule has 0 heterocycles. The standard InChI is InChI=1S/C41H78O5/c1-3-5-7-9-11-13-15-16-17-18-19-20-21-22-23-24-26-28-30-32-34-36-41(44)46-39(37-42)38-45-40(43)35-33-31-29-27-25-14-12-10-8-6-4-2/h16-17,39,42H,3-15,18-38H2,1-2H3. The summed E-state index contributed by atoms with van der Waals surface area (Å²) in [5.74, 6) is -0.582. The van der Waals surface area contributed by atoms with Gasteiger partial charge in [-0.3, -0.25) is 9.59 Å². The molecule has 0 bridgehead atoms. The molecule has 0 aliphatic rings. The van der Waals surface area contributed by atoms with Gasteiger partial charge in [0.15, 0.2) is 6.10 Å². The summed E-state index contributed by atoms with van der Waals surface area (Å²) in [6.45, 7) is 4.14. The molecular weight excluding hydrogens is 572 g/mol. The van der Waals surface area contributed by atoms with Gasteiger partial charge in [-0.05, 0) is 38.5 Å². The van der Waals surface area contributed by atoms with Gasteiger partial charge < -0.3 is 14.6 Å². The summed E-state index contributed by atoms with van der Waals surface area (Å²) >= 11 is 0. The van der Waals surface area contributed by atoms with Crippen molar-refractivity contribution in [3.63, 3.8) is 0 Å². The Morgan fingerprint density at radius 1 is 0.478 bits per heavy atom. The van der Waals surface area contributed by atoms with E-state index in [4.69, 9.17) is 9.47 Å². The van der Waals surface area contributed by atoms with Crippen LogP contribution in [0.1, 0.15) is 219 Å². The zero-order valence-electron chi connectivity index (χ0n) is 30.9. The number of hydrogen-bond donors (Lipinski definition) is 1. The fourth-order valence-electron chi connectivity index (χ4n) is 5.96. The SMILES string of the molecule is CCCCCCCCC=CCCCCCCCCCCCCCC(=O)OC(CO)COC(=O)CCCCCCCCCCCCC. The average Bonchev–Trinajstić information content (AvgIpc) is 3.06. The van der Waals surface area contributed by atoms with Crippen molar-refractivity contribution >= 4 is 11.9 Å². The largest absolute Gasteiger partial charge is 0.462 e. The third-order valence-electron chi connectivity index (χ3n) is 9.06. The molecule has 0 rings (SSSR count). The molecule has 1 atom stereocenters. The number of esters is 2. The molecule has 0 aliphatic carbocycles. The minimum absolute atomic E-state index is 0.0601. The minimum Gasteiger partial charge on any atom is -0.462 e. The van der Waals surface area contributed by atoms with Crippen molar-refractivity contribution in [1.82, 2.24) is 0 Å². The van der Waals surface area contributed by atoms with Crippen LogP contribution in [0.5, 0.6) is 0 Å². The highest BCUT2D eigenvalue weighted by Crippen LogP contribution is 2.15. The predicted molar refractivity (Wildman–Crippen MR) is 196 cm³/mol. The minimum atomic E-state index is -0.764. The highest BCUT2D eigenvalue weighted by atomic mass is 16.6. The molecule has 1 unspecified atom stereocenters. The van der Waals surface area contributed by atoms with Gasteiger partial charge in [0.05, 0.1) is 6.61 Å². The number of allylic oxidation sites excluding steroid dienone is 2. The maximum Gasteiger partial charge on any atom is 0.306 e. The summed E-state index contributed by atoms with van der Waals surface area (Å²) in [4.78, 5) is 24.2. The second-order valence-corrected chi connectivity index (χ2v) is 13.7. The Kier molecular flexibility index (Phi) is 37.0. The van der Waals surface area contributed by atoms with Crippen LogP contribution in [0.25, 0.3) is 0 Å². The van der Waals surface area contributed by atoms with Crippen LogP contribution in [0.3, 0.4) is 0 Å². The van der Waals surface area contributed by atoms with Gasteiger partial charge in [0.25, 0.3) is 0 Å². The van der Waals surface area contributed by atoms with E-state index < -0.39 is 6.10 Å². The summed E-state index contributed by atoms with van der Waals surface area (Å²) in [5.41, 5.74) is 0. The lowest BCUT2D eigenvalue weighted by atomic mass is 10.0. The summed E-state index contributed by atoms with van der Waals surface area (Å²) < 4.78 is 10.6. The molecule has 0 aliphatic heterocycles. The highest BCUT2D eigenvalue weighted by Gasteiger charge is 2.16. The second-order valence-electron chi connectivity index (χ2n) is 13.7. The zero-order chi connectivity index (χ0) is 33.6. The molecule has 5 heteroatoms. The molecule has 0 fully saturated rings. The first-order valence-electron chi connectivity index (χ1n) is 20.2. The molecule has 5 nitrogen and oxygen atoms in total. The molecule has 0 radical (unpaired) electrons. The molecule has 0 saturated carbocycles.